The molecule has 1 radical (unpaired) electrons. The van der Waals surface area contributed by atoms with E-state index < -0.39 is 8.80 Å². The van der Waals surface area contributed by atoms with E-state index >= 15 is 0 Å². The summed E-state index contributed by atoms with van der Waals surface area (Å²) >= 11 is 0. The molecule has 0 aliphatic carbocycles. The van der Waals surface area contributed by atoms with Gasteiger partial charge in [-0.15, -0.1) is 0 Å². The van der Waals surface area contributed by atoms with Gasteiger partial charge in [0.15, 0.2) is 0 Å². The highest BCUT2D eigenvalue weighted by Gasteiger charge is 2.72. The first-order valence-electron chi connectivity index (χ1n) is 15.6. The van der Waals surface area contributed by atoms with Gasteiger partial charge in [0, 0.05) is 10.1 Å². The van der Waals surface area contributed by atoms with Crippen molar-refractivity contribution in [3.8, 4) is 0 Å². The molecule has 2 aliphatic heterocycles. The molecule has 44 heavy (non-hydrogen) atoms. The Morgan fingerprint density at radius 3 is 1.14 bits per heavy atom. The fourth-order valence-electron chi connectivity index (χ4n) is 8.73. The van der Waals surface area contributed by atoms with Crippen LogP contribution in [0.1, 0.15) is 50.1 Å². The Bertz CT molecular complexity index is 1880. The summed E-state index contributed by atoms with van der Waals surface area (Å²) in [5.41, 5.74) is 15.4. The van der Waals surface area contributed by atoms with Gasteiger partial charge in [-0.1, -0.05) is 180 Å². The lowest BCUT2D eigenvalue weighted by atomic mass is 9.65. The standard InChI is InChI=1S/C43H35Si/c1-30-28-31(2)41(32(3)29-30)44-42(35-22-12-6-13-23-35)37-26-16-17-27-38(37)43(44,36-24-14-7-15-25-36)40(34-20-10-5-11-21-34)39(42)33-18-8-4-9-19-33/h4-29H,1-3H3/t42-,43+. The van der Waals surface area contributed by atoms with E-state index in [9.17, 15) is 0 Å². The van der Waals surface area contributed by atoms with E-state index in [0.717, 1.165) is 0 Å². The molecule has 2 bridgehead atoms. The van der Waals surface area contributed by atoms with Crippen LogP contribution in [0.3, 0.4) is 0 Å². The lowest BCUT2D eigenvalue weighted by molar-refractivity contribution is 0.915. The molecule has 2 atom stereocenters. The Kier molecular flexibility index (Phi) is 6.22. The molecule has 0 N–H and O–H groups in total. The SMILES string of the molecule is Cc1cc(C)c([Si]2[C@]3(c4ccccc4)C(c4ccccc4)=C(c4ccccc4)[C@@]2(c2ccccc2)c2ccccc23)c(C)c1. The van der Waals surface area contributed by atoms with Crippen molar-refractivity contribution < 1.29 is 0 Å². The summed E-state index contributed by atoms with van der Waals surface area (Å²) in [5.74, 6) is 0. The molecule has 0 aromatic heterocycles. The van der Waals surface area contributed by atoms with Crippen LogP contribution in [0, 0.1) is 20.8 Å². The van der Waals surface area contributed by atoms with E-state index in [-0.39, 0.29) is 10.1 Å². The first-order chi connectivity index (χ1) is 21.6. The first kappa shape index (κ1) is 26.9. The molecule has 0 nitrogen and oxygen atoms in total. The van der Waals surface area contributed by atoms with Crippen LogP contribution in [0.15, 0.2) is 158 Å². The zero-order valence-electron chi connectivity index (χ0n) is 25.5. The van der Waals surface area contributed by atoms with Crippen LogP contribution in [0.2, 0.25) is 0 Å². The van der Waals surface area contributed by atoms with Crippen LogP contribution in [0.25, 0.3) is 11.1 Å². The molecule has 1 heteroatoms. The summed E-state index contributed by atoms with van der Waals surface area (Å²) < 4.78 is 0. The first-order valence-corrected chi connectivity index (χ1v) is 17.1. The number of allylic oxidation sites excluding steroid dienone is 2. The van der Waals surface area contributed by atoms with E-state index in [0.29, 0.717) is 0 Å². The summed E-state index contributed by atoms with van der Waals surface area (Å²) in [7, 11) is -1.56. The molecule has 0 unspecified atom stereocenters. The van der Waals surface area contributed by atoms with Crippen molar-refractivity contribution in [3.05, 3.63) is 208 Å². The molecule has 211 valence electrons. The maximum atomic E-state index is 2.45. The van der Waals surface area contributed by atoms with Crippen molar-refractivity contribution in [2.75, 3.05) is 0 Å². The smallest absolute Gasteiger partial charge is 0.0622 e. The highest BCUT2D eigenvalue weighted by molar-refractivity contribution is 6.88. The summed E-state index contributed by atoms with van der Waals surface area (Å²) in [6.45, 7) is 6.95. The second kappa shape index (κ2) is 10.2. The van der Waals surface area contributed by atoms with Gasteiger partial charge in [0.1, 0.15) is 8.80 Å². The molecule has 0 spiro atoms. The van der Waals surface area contributed by atoms with Gasteiger partial charge in [-0.05, 0) is 65.3 Å². The Morgan fingerprint density at radius 2 is 0.750 bits per heavy atom. The minimum Gasteiger partial charge on any atom is -0.0622 e. The third-order valence-electron chi connectivity index (χ3n) is 9.95. The van der Waals surface area contributed by atoms with Crippen molar-refractivity contribution in [2.45, 2.75) is 30.8 Å². The highest BCUT2D eigenvalue weighted by atomic mass is 28.3. The summed E-state index contributed by atoms with van der Waals surface area (Å²) in [6.07, 6.45) is 0. The van der Waals surface area contributed by atoms with Gasteiger partial charge in [0.25, 0.3) is 0 Å². The second-order valence-electron chi connectivity index (χ2n) is 12.4. The summed E-state index contributed by atoms with van der Waals surface area (Å²) in [6, 6.07) is 59.7. The quantitative estimate of drug-likeness (QED) is 0.179. The minimum atomic E-state index is -1.56. The van der Waals surface area contributed by atoms with Crippen molar-refractivity contribution in [2.24, 2.45) is 0 Å². The number of hydrogen-bond donors (Lipinski definition) is 0. The van der Waals surface area contributed by atoms with Gasteiger partial charge < -0.3 is 0 Å². The Morgan fingerprint density at radius 1 is 0.409 bits per heavy atom. The van der Waals surface area contributed by atoms with Crippen molar-refractivity contribution in [1.82, 2.24) is 0 Å². The average molecular weight is 580 g/mol. The predicted molar refractivity (Wildman–Crippen MR) is 187 cm³/mol. The Balaban J connectivity index is 1.68. The molecule has 0 fully saturated rings. The largest absolute Gasteiger partial charge is 0.131 e. The van der Waals surface area contributed by atoms with Crippen LogP contribution in [-0.2, 0) is 10.1 Å². The zero-order chi connectivity index (χ0) is 29.9. The summed E-state index contributed by atoms with van der Waals surface area (Å²) in [5, 5.41) is 0.912. The van der Waals surface area contributed by atoms with Crippen LogP contribution in [0.5, 0.6) is 0 Å². The highest BCUT2D eigenvalue weighted by Crippen LogP contribution is 2.71. The Labute approximate surface area is 263 Å². The zero-order valence-corrected chi connectivity index (χ0v) is 26.5. The number of hydrogen-bond acceptors (Lipinski definition) is 0. The van der Waals surface area contributed by atoms with E-state index in [1.54, 1.807) is 5.19 Å². The second-order valence-corrected chi connectivity index (χ2v) is 15.2. The van der Waals surface area contributed by atoms with Gasteiger partial charge >= 0.3 is 0 Å². The number of aryl methyl sites for hydroxylation is 3. The van der Waals surface area contributed by atoms with Crippen molar-refractivity contribution in [3.63, 3.8) is 0 Å². The molecular formula is C43H35Si. The van der Waals surface area contributed by atoms with Gasteiger partial charge in [0.05, 0.1) is 0 Å². The van der Waals surface area contributed by atoms with E-state index in [1.165, 1.54) is 61.2 Å². The molecule has 8 rings (SSSR count). The van der Waals surface area contributed by atoms with E-state index in [1.807, 2.05) is 0 Å². The lowest BCUT2D eigenvalue weighted by Gasteiger charge is -2.39. The monoisotopic (exact) mass is 579 g/mol. The predicted octanol–water partition coefficient (Wildman–Crippen LogP) is 9.30. The third kappa shape index (κ3) is 3.51. The molecule has 6 aromatic carbocycles. The minimum absolute atomic E-state index is 0.324. The fraction of sp³-hybridized carbons (Fsp3) is 0.116. The molecular weight excluding hydrogens is 545 g/mol. The van der Waals surface area contributed by atoms with Crippen LogP contribution >= 0.6 is 0 Å². The average Bonchev–Trinajstić information content (AvgIpc) is 3.49. The summed E-state index contributed by atoms with van der Waals surface area (Å²) in [4.78, 5) is 0. The van der Waals surface area contributed by atoms with Gasteiger partial charge in [-0.2, -0.15) is 0 Å². The number of benzene rings is 6. The van der Waals surface area contributed by atoms with Crippen molar-refractivity contribution >= 4 is 25.1 Å². The molecule has 0 amide bonds. The lowest BCUT2D eigenvalue weighted by Crippen LogP contribution is -2.57. The van der Waals surface area contributed by atoms with Crippen LogP contribution in [-0.4, -0.2) is 8.80 Å². The van der Waals surface area contributed by atoms with Gasteiger partial charge in [-0.3, -0.25) is 0 Å². The molecule has 2 aliphatic rings. The maximum Gasteiger partial charge on any atom is 0.131 e. The van der Waals surface area contributed by atoms with Crippen molar-refractivity contribution in [1.29, 1.82) is 0 Å². The fourth-order valence-corrected chi connectivity index (χ4v) is 13.9. The van der Waals surface area contributed by atoms with E-state index in [2.05, 4.69) is 178 Å². The topological polar surface area (TPSA) is 0 Å². The maximum absolute atomic E-state index is 2.45. The molecule has 0 saturated heterocycles. The number of rotatable bonds is 5. The van der Waals surface area contributed by atoms with E-state index in [4.69, 9.17) is 0 Å². The van der Waals surface area contributed by atoms with Gasteiger partial charge in [0.2, 0.25) is 0 Å². The van der Waals surface area contributed by atoms with Crippen LogP contribution in [0.4, 0.5) is 0 Å². The third-order valence-corrected chi connectivity index (χ3v) is 14.4. The number of fused-ring (bicyclic) bond motifs is 5. The normalized spacial score (nSPS) is 20.6. The Hall–Kier alpha value is -4.72. The van der Waals surface area contributed by atoms with Gasteiger partial charge in [-0.25, -0.2) is 0 Å². The molecule has 0 saturated carbocycles. The molecule has 6 aromatic rings. The van der Waals surface area contributed by atoms with Crippen LogP contribution < -0.4 is 5.19 Å². The molecule has 2 heterocycles.